The molecule has 32 heavy (non-hydrogen) atoms. The number of carbonyl (C=O) groups is 1. The zero-order valence-electron chi connectivity index (χ0n) is 18.7. The largest absolute Gasteiger partial charge is 0.376 e. The molecule has 0 N–H and O–H groups in total. The van der Waals surface area contributed by atoms with Crippen molar-refractivity contribution in [2.75, 3.05) is 31.1 Å². The molecule has 3 saturated heterocycles. The van der Waals surface area contributed by atoms with Crippen LogP contribution in [0.25, 0.3) is 6.08 Å². The zero-order valence-corrected chi connectivity index (χ0v) is 20.4. The number of nitriles is 1. The van der Waals surface area contributed by atoms with Crippen molar-refractivity contribution in [1.82, 2.24) is 9.47 Å². The second kappa shape index (κ2) is 9.38. The van der Waals surface area contributed by atoms with Gasteiger partial charge in [-0.3, -0.25) is 19.1 Å². The molecule has 3 aliphatic rings. The van der Waals surface area contributed by atoms with Crippen LogP contribution in [0.15, 0.2) is 9.70 Å². The van der Waals surface area contributed by atoms with Crippen molar-refractivity contribution in [3.8, 4) is 6.07 Å². The maximum absolute atomic E-state index is 13.2. The van der Waals surface area contributed by atoms with E-state index in [1.807, 2.05) is 6.08 Å². The maximum Gasteiger partial charge on any atom is 0.270 e. The Labute approximate surface area is 198 Å². The molecule has 3 aliphatic heterocycles. The Morgan fingerprint density at radius 2 is 2.00 bits per heavy atom. The fourth-order valence-corrected chi connectivity index (χ4v) is 5.85. The molecule has 0 saturated carbocycles. The van der Waals surface area contributed by atoms with Crippen LogP contribution in [-0.4, -0.2) is 52.0 Å². The van der Waals surface area contributed by atoms with E-state index in [0.29, 0.717) is 27.3 Å². The lowest BCUT2D eigenvalue weighted by Gasteiger charge is -2.34. The van der Waals surface area contributed by atoms with Crippen LogP contribution >= 0.6 is 24.0 Å². The molecule has 0 aromatic carbocycles. The van der Waals surface area contributed by atoms with Gasteiger partial charge in [0.05, 0.1) is 17.6 Å². The average molecular weight is 473 g/mol. The fraction of sp³-hybridized carbons (Fsp3) is 0.565. The Kier molecular flexibility index (Phi) is 6.75. The molecule has 1 amide bonds. The molecule has 4 heterocycles. The van der Waals surface area contributed by atoms with Gasteiger partial charge in [0.15, 0.2) is 0 Å². The summed E-state index contributed by atoms with van der Waals surface area (Å²) in [7, 11) is 1.70. The number of carbonyl (C=O) groups excluding carboxylic acids is 1. The highest BCUT2D eigenvalue weighted by Gasteiger charge is 2.35. The summed E-state index contributed by atoms with van der Waals surface area (Å²) in [5.41, 5.74) is 1.16. The van der Waals surface area contributed by atoms with Crippen LogP contribution in [0.2, 0.25) is 0 Å². The quantitative estimate of drug-likeness (QED) is 0.492. The summed E-state index contributed by atoms with van der Waals surface area (Å²) >= 11 is 6.77. The van der Waals surface area contributed by atoms with Crippen molar-refractivity contribution >= 4 is 46.1 Å². The predicted molar refractivity (Wildman–Crippen MR) is 131 cm³/mol. The van der Waals surface area contributed by atoms with Gasteiger partial charge < -0.3 is 9.64 Å². The summed E-state index contributed by atoms with van der Waals surface area (Å²) in [6.07, 6.45) is 5.84. The topological polar surface area (TPSA) is 78.6 Å². The van der Waals surface area contributed by atoms with E-state index in [4.69, 9.17) is 17.0 Å². The number of thioether (sulfide) groups is 1. The third-order valence-electron chi connectivity index (χ3n) is 6.61. The first kappa shape index (κ1) is 23.0. The second-order valence-corrected chi connectivity index (χ2v) is 10.5. The summed E-state index contributed by atoms with van der Waals surface area (Å²) < 4.78 is 7.76. The number of aromatic nitrogens is 1. The van der Waals surface area contributed by atoms with Gasteiger partial charge in [-0.25, -0.2) is 0 Å². The highest BCUT2D eigenvalue weighted by Crippen LogP contribution is 2.37. The SMILES string of the molecule is Cc1c(/C=C2\SC(=S)N(C[C@@H]3CCCO3)C2=O)c(N2CCC(C)CC2)n(C)c(=O)c1C#N. The smallest absolute Gasteiger partial charge is 0.270 e. The monoisotopic (exact) mass is 472 g/mol. The number of amides is 1. The number of rotatable bonds is 4. The van der Waals surface area contributed by atoms with Crippen LogP contribution < -0.4 is 10.5 Å². The molecule has 0 spiro atoms. The van der Waals surface area contributed by atoms with E-state index in [0.717, 1.165) is 56.8 Å². The molecule has 4 rings (SSSR count). The van der Waals surface area contributed by atoms with Crippen LogP contribution in [0.1, 0.15) is 49.3 Å². The lowest BCUT2D eigenvalue weighted by molar-refractivity contribution is -0.123. The molecular weight excluding hydrogens is 444 g/mol. The van der Waals surface area contributed by atoms with Gasteiger partial charge >= 0.3 is 0 Å². The van der Waals surface area contributed by atoms with Gasteiger partial charge in [-0.2, -0.15) is 5.26 Å². The number of anilines is 1. The van der Waals surface area contributed by atoms with E-state index >= 15 is 0 Å². The minimum atomic E-state index is -0.304. The summed E-state index contributed by atoms with van der Waals surface area (Å²) in [5, 5.41) is 9.63. The van der Waals surface area contributed by atoms with Crippen molar-refractivity contribution in [2.24, 2.45) is 13.0 Å². The summed E-state index contributed by atoms with van der Waals surface area (Å²) in [6.45, 7) is 6.88. The first-order valence-corrected chi connectivity index (χ1v) is 12.3. The van der Waals surface area contributed by atoms with Crippen LogP contribution in [-0.2, 0) is 16.6 Å². The predicted octanol–water partition coefficient (Wildman–Crippen LogP) is 3.18. The molecule has 9 heteroatoms. The highest BCUT2D eigenvalue weighted by atomic mass is 32.2. The number of pyridine rings is 1. The zero-order chi connectivity index (χ0) is 23.0. The van der Waals surface area contributed by atoms with Crippen molar-refractivity contribution in [3.05, 3.63) is 31.9 Å². The van der Waals surface area contributed by atoms with Gasteiger partial charge in [0, 0.05) is 32.3 Å². The first-order chi connectivity index (χ1) is 15.3. The Hall–Kier alpha value is -2.15. The maximum atomic E-state index is 13.2. The molecule has 170 valence electrons. The van der Waals surface area contributed by atoms with E-state index in [1.54, 1.807) is 23.4 Å². The lowest BCUT2D eigenvalue weighted by atomic mass is 9.97. The van der Waals surface area contributed by atoms with E-state index in [9.17, 15) is 14.9 Å². The third-order valence-corrected chi connectivity index (χ3v) is 7.99. The van der Waals surface area contributed by atoms with Gasteiger partial charge in [0.2, 0.25) is 0 Å². The molecule has 3 fully saturated rings. The molecule has 0 unspecified atom stereocenters. The van der Waals surface area contributed by atoms with Gasteiger partial charge in [0.1, 0.15) is 21.8 Å². The van der Waals surface area contributed by atoms with Crippen LogP contribution in [0.4, 0.5) is 5.82 Å². The van der Waals surface area contributed by atoms with Crippen LogP contribution in [0.5, 0.6) is 0 Å². The molecule has 0 aliphatic carbocycles. The van der Waals surface area contributed by atoms with Gasteiger partial charge in [-0.15, -0.1) is 0 Å². The Bertz CT molecular complexity index is 1070. The normalized spacial score (nSPS) is 23.4. The minimum absolute atomic E-state index is 0.0206. The average Bonchev–Trinajstić information content (AvgIpc) is 3.38. The molecule has 7 nitrogen and oxygen atoms in total. The molecule has 1 aromatic rings. The van der Waals surface area contributed by atoms with E-state index in [1.165, 1.54) is 11.8 Å². The van der Waals surface area contributed by atoms with Crippen molar-refractivity contribution in [2.45, 2.75) is 45.6 Å². The Morgan fingerprint density at radius 3 is 2.62 bits per heavy atom. The number of thiocarbonyl (C=S) groups is 1. The summed E-state index contributed by atoms with van der Waals surface area (Å²) in [4.78, 5) is 30.4. The van der Waals surface area contributed by atoms with E-state index in [2.05, 4.69) is 17.9 Å². The Morgan fingerprint density at radius 1 is 1.28 bits per heavy atom. The molecular formula is C23H28N4O3S2. The Balaban J connectivity index is 1.75. The first-order valence-electron chi connectivity index (χ1n) is 11.1. The number of nitrogens with zero attached hydrogens (tertiary/aromatic N) is 4. The minimum Gasteiger partial charge on any atom is -0.376 e. The summed E-state index contributed by atoms with van der Waals surface area (Å²) in [6, 6.07) is 2.06. The molecule has 0 radical (unpaired) electrons. The summed E-state index contributed by atoms with van der Waals surface area (Å²) in [5.74, 6) is 1.27. The van der Waals surface area contributed by atoms with Gasteiger partial charge in [-0.05, 0) is 50.2 Å². The third kappa shape index (κ3) is 4.24. The molecule has 1 atom stereocenters. The van der Waals surface area contributed by atoms with Crippen molar-refractivity contribution in [3.63, 3.8) is 0 Å². The van der Waals surface area contributed by atoms with Crippen LogP contribution in [0.3, 0.4) is 0 Å². The van der Waals surface area contributed by atoms with Crippen molar-refractivity contribution < 1.29 is 9.53 Å². The fourth-order valence-electron chi connectivity index (χ4n) is 4.60. The van der Waals surface area contributed by atoms with Gasteiger partial charge in [-0.1, -0.05) is 30.9 Å². The van der Waals surface area contributed by atoms with E-state index in [-0.39, 0.29) is 23.1 Å². The number of ether oxygens (including phenoxy) is 1. The standard InChI is InChI=1S/C23H28N4O3S2/c1-14-6-8-26(9-7-14)20-17(15(2)18(12-24)21(28)25(20)3)11-19-22(29)27(23(31)32-19)13-16-5-4-10-30-16/h11,14,16H,4-10,13H2,1-3H3/b19-11-/t16-/m0/s1. The second-order valence-electron chi connectivity index (χ2n) is 8.81. The number of hydrogen-bond donors (Lipinski definition) is 0. The van der Waals surface area contributed by atoms with E-state index < -0.39 is 0 Å². The van der Waals surface area contributed by atoms with Crippen LogP contribution in [0, 0.1) is 24.2 Å². The number of piperidine rings is 1. The van der Waals surface area contributed by atoms with Gasteiger partial charge in [0.25, 0.3) is 11.5 Å². The number of hydrogen-bond acceptors (Lipinski definition) is 7. The highest BCUT2D eigenvalue weighted by molar-refractivity contribution is 8.26. The lowest BCUT2D eigenvalue weighted by Crippen LogP contribution is -2.38. The van der Waals surface area contributed by atoms with Crippen molar-refractivity contribution in [1.29, 1.82) is 5.26 Å². The molecule has 1 aromatic heterocycles. The molecule has 0 bridgehead atoms.